The van der Waals surface area contributed by atoms with E-state index in [2.05, 4.69) is 4.98 Å². The lowest BCUT2D eigenvalue weighted by atomic mass is 10.1. The Morgan fingerprint density at radius 1 is 1.20 bits per heavy atom. The second-order valence-electron chi connectivity index (χ2n) is 3.45. The average Bonchev–Trinajstić information content (AvgIpc) is 2.23. The van der Waals surface area contributed by atoms with Crippen LogP contribution in [-0.4, -0.2) is 4.98 Å². The number of nitrogens with zero attached hydrogens (tertiary/aromatic N) is 1. The number of nitrogens with two attached hydrogens (primary N) is 1. The van der Waals surface area contributed by atoms with Crippen LogP contribution in [-0.2, 0) is 0 Å². The van der Waals surface area contributed by atoms with Crippen molar-refractivity contribution < 1.29 is 0 Å². The Morgan fingerprint density at radius 3 is 2.53 bits per heavy atom. The number of pyridine rings is 1. The van der Waals surface area contributed by atoms with Crippen LogP contribution < -0.4 is 5.73 Å². The van der Waals surface area contributed by atoms with Gasteiger partial charge in [-0.15, -0.1) is 0 Å². The molecule has 0 unspecified atom stereocenters. The molecule has 0 spiro atoms. The smallest absolute Gasteiger partial charge is 0.131 e. The maximum absolute atomic E-state index is 5.88. The summed E-state index contributed by atoms with van der Waals surface area (Å²) in [5, 5.41) is 0.597. The van der Waals surface area contributed by atoms with E-state index in [1.54, 1.807) is 6.20 Å². The summed E-state index contributed by atoms with van der Waals surface area (Å²) in [6.07, 6.45) is 1.55. The quantitative estimate of drug-likeness (QED) is 0.798. The van der Waals surface area contributed by atoms with Crippen molar-refractivity contribution >= 4 is 17.4 Å². The molecule has 2 rings (SSSR count). The van der Waals surface area contributed by atoms with Gasteiger partial charge in [-0.05, 0) is 18.6 Å². The maximum atomic E-state index is 5.88. The molecule has 0 atom stereocenters. The van der Waals surface area contributed by atoms with Gasteiger partial charge in [0.1, 0.15) is 5.82 Å². The topological polar surface area (TPSA) is 38.9 Å². The van der Waals surface area contributed by atoms with Crippen molar-refractivity contribution in [3.63, 3.8) is 0 Å². The molecule has 2 nitrogen and oxygen atoms in total. The zero-order chi connectivity index (χ0) is 10.8. The molecular formula is C12H11ClN2. The summed E-state index contributed by atoms with van der Waals surface area (Å²) >= 11 is 5.88. The van der Waals surface area contributed by atoms with E-state index in [-0.39, 0.29) is 0 Å². The summed E-state index contributed by atoms with van der Waals surface area (Å²) in [7, 11) is 0. The second kappa shape index (κ2) is 3.91. The highest BCUT2D eigenvalue weighted by Gasteiger charge is 2.04. The molecule has 0 aliphatic rings. The first kappa shape index (κ1) is 9.99. The minimum Gasteiger partial charge on any atom is -0.383 e. The molecule has 0 bridgehead atoms. The van der Waals surface area contributed by atoms with Crippen molar-refractivity contribution in [1.82, 2.24) is 4.98 Å². The van der Waals surface area contributed by atoms with E-state index >= 15 is 0 Å². The molecule has 1 aromatic carbocycles. The first-order chi connectivity index (χ1) is 7.16. The summed E-state index contributed by atoms with van der Waals surface area (Å²) in [6.45, 7) is 2.04. The average molecular weight is 219 g/mol. The fourth-order valence-corrected chi connectivity index (χ4v) is 1.57. The second-order valence-corrected chi connectivity index (χ2v) is 3.89. The number of anilines is 1. The van der Waals surface area contributed by atoms with Crippen LogP contribution in [0, 0.1) is 6.92 Å². The molecule has 1 heterocycles. The predicted molar refractivity (Wildman–Crippen MR) is 63.8 cm³/mol. The van der Waals surface area contributed by atoms with Crippen LogP contribution >= 0.6 is 11.6 Å². The first-order valence-electron chi connectivity index (χ1n) is 4.65. The van der Waals surface area contributed by atoms with E-state index in [4.69, 9.17) is 17.3 Å². The van der Waals surface area contributed by atoms with Crippen LogP contribution in [0.2, 0.25) is 5.02 Å². The highest BCUT2D eigenvalue weighted by molar-refractivity contribution is 6.30. The van der Waals surface area contributed by atoms with E-state index in [1.165, 1.54) is 5.56 Å². The van der Waals surface area contributed by atoms with Gasteiger partial charge in [-0.1, -0.05) is 41.4 Å². The highest BCUT2D eigenvalue weighted by Crippen LogP contribution is 2.26. The Hall–Kier alpha value is -1.54. The van der Waals surface area contributed by atoms with Crippen LogP contribution in [0.4, 0.5) is 5.82 Å². The highest BCUT2D eigenvalue weighted by atomic mass is 35.5. The van der Waals surface area contributed by atoms with Crippen LogP contribution in [0.1, 0.15) is 5.56 Å². The Labute approximate surface area is 93.7 Å². The predicted octanol–water partition coefficient (Wildman–Crippen LogP) is 3.29. The normalized spacial score (nSPS) is 10.3. The van der Waals surface area contributed by atoms with Gasteiger partial charge in [0, 0.05) is 11.8 Å². The summed E-state index contributed by atoms with van der Waals surface area (Å²) in [5.41, 5.74) is 8.92. The third kappa shape index (κ3) is 2.10. The summed E-state index contributed by atoms with van der Waals surface area (Å²) in [4.78, 5) is 4.02. The Balaban J connectivity index is 2.53. The van der Waals surface area contributed by atoms with E-state index in [0.29, 0.717) is 10.8 Å². The van der Waals surface area contributed by atoms with Gasteiger partial charge < -0.3 is 5.73 Å². The van der Waals surface area contributed by atoms with Crippen LogP contribution in [0.25, 0.3) is 11.1 Å². The number of halogens is 1. The molecule has 3 heteroatoms. The monoisotopic (exact) mass is 218 g/mol. The summed E-state index contributed by atoms with van der Waals surface area (Å²) in [5.74, 6) is 0.503. The molecule has 1 aromatic heterocycles. The van der Waals surface area contributed by atoms with Crippen molar-refractivity contribution in [3.05, 3.63) is 47.1 Å². The van der Waals surface area contributed by atoms with Crippen molar-refractivity contribution in [3.8, 4) is 11.1 Å². The van der Waals surface area contributed by atoms with Crippen molar-refractivity contribution in [1.29, 1.82) is 0 Å². The number of nitrogen functional groups attached to an aromatic ring is 1. The van der Waals surface area contributed by atoms with Gasteiger partial charge in [-0.25, -0.2) is 4.98 Å². The van der Waals surface area contributed by atoms with Gasteiger partial charge in [0.15, 0.2) is 0 Å². The summed E-state index contributed by atoms with van der Waals surface area (Å²) < 4.78 is 0. The molecule has 0 aliphatic heterocycles. The Bertz CT molecular complexity index is 477. The van der Waals surface area contributed by atoms with Gasteiger partial charge in [0.05, 0.1) is 5.02 Å². The zero-order valence-electron chi connectivity index (χ0n) is 8.37. The van der Waals surface area contributed by atoms with E-state index < -0.39 is 0 Å². The lowest BCUT2D eigenvalue weighted by Gasteiger charge is -2.05. The maximum Gasteiger partial charge on any atom is 0.131 e. The number of hydrogen-bond acceptors (Lipinski definition) is 2. The molecule has 0 fully saturated rings. The number of rotatable bonds is 1. The van der Waals surface area contributed by atoms with E-state index in [1.807, 2.05) is 37.3 Å². The molecule has 0 amide bonds. The van der Waals surface area contributed by atoms with Gasteiger partial charge in [-0.2, -0.15) is 0 Å². The SMILES string of the molecule is Cc1ccc(-c2cc(Cl)cnc2N)cc1. The number of aromatic nitrogens is 1. The van der Waals surface area contributed by atoms with Gasteiger partial charge in [0.2, 0.25) is 0 Å². The molecule has 0 aliphatic carbocycles. The lowest BCUT2D eigenvalue weighted by molar-refractivity contribution is 1.33. The lowest BCUT2D eigenvalue weighted by Crippen LogP contribution is -1.93. The molecule has 0 saturated heterocycles. The molecule has 2 N–H and O–H groups in total. The molecule has 0 saturated carbocycles. The van der Waals surface area contributed by atoms with E-state index in [0.717, 1.165) is 11.1 Å². The van der Waals surface area contributed by atoms with Crippen molar-refractivity contribution in [2.75, 3.05) is 5.73 Å². The minimum atomic E-state index is 0.503. The fourth-order valence-electron chi connectivity index (χ4n) is 1.41. The number of aryl methyl sites for hydroxylation is 1. The Kier molecular flexibility index (Phi) is 2.60. The number of benzene rings is 1. The molecule has 76 valence electrons. The Morgan fingerprint density at radius 2 is 1.87 bits per heavy atom. The number of hydrogen-bond donors (Lipinski definition) is 1. The zero-order valence-corrected chi connectivity index (χ0v) is 9.12. The third-order valence-electron chi connectivity index (χ3n) is 2.25. The van der Waals surface area contributed by atoms with Gasteiger partial charge in [0.25, 0.3) is 0 Å². The standard InChI is InChI=1S/C12H11ClN2/c1-8-2-4-9(5-3-8)11-6-10(13)7-15-12(11)14/h2-7H,1H3,(H2,14,15). The largest absolute Gasteiger partial charge is 0.383 e. The molecule has 15 heavy (non-hydrogen) atoms. The minimum absolute atomic E-state index is 0.503. The first-order valence-corrected chi connectivity index (χ1v) is 5.02. The van der Waals surface area contributed by atoms with Crippen LogP contribution in [0.3, 0.4) is 0 Å². The van der Waals surface area contributed by atoms with Crippen LogP contribution in [0.15, 0.2) is 36.5 Å². The molecular weight excluding hydrogens is 208 g/mol. The van der Waals surface area contributed by atoms with Gasteiger partial charge in [-0.3, -0.25) is 0 Å². The van der Waals surface area contributed by atoms with Crippen molar-refractivity contribution in [2.45, 2.75) is 6.92 Å². The molecule has 2 aromatic rings. The summed E-state index contributed by atoms with van der Waals surface area (Å²) in [6, 6.07) is 9.93. The van der Waals surface area contributed by atoms with Gasteiger partial charge >= 0.3 is 0 Å². The van der Waals surface area contributed by atoms with E-state index in [9.17, 15) is 0 Å². The van der Waals surface area contributed by atoms with Crippen LogP contribution in [0.5, 0.6) is 0 Å². The fraction of sp³-hybridized carbons (Fsp3) is 0.0833. The molecule has 0 radical (unpaired) electrons. The third-order valence-corrected chi connectivity index (χ3v) is 2.45. The van der Waals surface area contributed by atoms with Crippen molar-refractivity contribution in [2.24, 2.45) is 0 Å².